The highest BCUT2D eigenvalue weighted by molar-refractivity contribution is 6.28. The smallest absolute Gasteiger partial charge is 0.416 e. The average Bonchev–Trinajstić information content (AvgIpc) is 3.31. The summed E-state index contributed by atoms with van der Waals surface area (Å²) in [5, 5.41) is 14.0. The first-order chi connectivity index (χ1) is 12.2. The Balaban J connectivity index is 2.12. The van der Waals surface area contributed by atoms with Crippen molar-refractivity contribution < 1.29 is 27.6 Å². The Labute approximate surface area is 150 Å². The van der Waals surface area contributed by atoms with Crippen LogP contribution in [0.4, 0.5) is 18.9 Å². The largest absolute Gasteiger partial charge is 0.463 e. The normalized spacial score (nSPS) is 20.6. The summed E-state index contributed by atoms with van der Waals surface area (Å²) in [6.07, 6.45) is -3.01. The molecule has 1 aromatic rings. The minimum atomic E-state index is -4.80. The number of non-ortho nitro benzene ring substituents is 1. The van der Waals surface area contributed by atoms with Crippen LogP contribution in [0.5, 0.6) is 0 Å². The van der Waals surface area contributed by atoms with Gasteiger partial charge in [0.15, 0.2) is 12.0 Å². The number of carbonyl (C=O) groups is 1. The minimum Gasteiger partial charge on any atom is -0.463 e. The molecule has 0 aromatic heterocycles. The summed E-state index contributed by atoms with van der Waals surface area (Å²) >= 11 is 5.47. The van der Waals surface area contributed by atoms with Crippen LogP contribution in [0.3, 0.4) is 0 Å². The highest BCUT2D eigenvalue weighted by Gasteiger charge is 2.39. The highest BCUT2D eigenvalue weighted by Crippen LogP contribution is 2.38. The Morgan fingerprint density at radius 2 is 2.00 bits per heavy atom. The Hall–Kier alpha value is -2.55. The molecule has 26 heavy (non-hydrogen) atoms. The van der Waals surface area contributed by atoms with Crippen LogP contribution < -0.4 is 5.32 Å². The minimum absolute atomic E-state index is 0.00545. The zero-order valence-corrected chi connectivity index (χ0v) is 13.8. The van der Waals surface area contributed by atoms with Gasteiger partial charge in [-0.25, -0.2) is 0 Å². The van der Waals surface area contributed by atoms with Gasteiger partial charge < -0.3 is 10.1 Å². The number of nitrogens with zero attached hydrogens (tertiary/aromatic N) is 1. The van der Waals surface area contributed by atoms with Gasteiger partial charge in [0.1, 0.15) is 0 Å². The number of carbonyl (C=O) groups excluding carboxylic acids is 1. The topological polar surface area (TPSA) is 81.5 Å². The van der Waals surface area contributed by atoms with Crippen molar-refractivity contribution in [1.29, 1.82) is 0 Å². The second-order valence-electron chi connectivity index (χ2n) is 5.87. The molecule has 1 aliphatic carbocycles. The molecule has 0 amide bonds. The lowest BCUT2D eigenvalue weighted by molar-refractivity contribution is -0.385. The number of nitro benzene ring substituents is 1. The predicted molar refractivity (Wildman–Crippen MR) is 86.0 cm³/mol. The summed E-state index contributed by atoms with van der Waals surface area (Å²) < 4.78 is 44.8. The first-order valence-electron chi connectivity index (χ1n) is 7.56. The van der Waals surface area contributed by atoms with Gasteiger partial charge in [0.05, 0.1) is 16.1 Å². The van der Waals surface area contributed by atoms with Crippen LogP contribution in [-0.2, 0) is 15.7 Å². The van der Waals surface area contributed by atoms with E-state index in [0.29, 0.717) is 12.1 Å². The fourth-order valence-electron chi connectivity index (χ4n) is 2.50. The lowest BCUT2D eigenvalue weighted by atomic mass is 9.97. The Bertz CT molecular complexity index is 831. The van der Waals surface area contributed by atoms with E-state index >= 15 is 0 Å². The zero-order chi connectivity index (χ0) is 19.1. The van der Waals surface area contributed by atoms with E-state index in [2.05, 4.69) is 5.32 Å². The first kappa shape index (κ1) is 18.2. The fraction of sp³-hybridized carbons (Fsp3) is 0.312. The number of Topliss-reactive ketones (excluding diaryl/α,β-unsaturated/α-hetero) is 1. The summed E-state index contributed by atoms with van der Waals surface area (Å²) in [4.78, 5) is 22.7. The van der Waals surface area contributed by atoms with Crippen molar-refractivity contribution in [2.45, 2.75) is 31.2 Å². The van der Waals surface area contributed by atoms with Crippen molar-refractivity contribution in [3.05, 3.63) is 56.9 Å². The molecular weight excluding hydrogens is 377 g/mol. The maximum absolute atomic E-state index is 13.1. The Morgan fingerprint density at radius 1 is 1.31 bits per heavy atom. The van der Waals surface area contributed by atoms with Crippen LogP contribution in [-0.4, -0.2) is 22.9 Å². The molecule has 1 N–H and O–H groups in total. The molecule has 1 saturated carbocycles. The molecule has 6 nitrogen and oxygen atoms in total. The molecule has 10 heteroatoms. The molecule has 0 spiro atoms. The van der Waals surface area contributed by atoms with Crippen LogP contribution in [0, 0.1) is 10.1 Å². The van der Waals surface area contributed by atoms with Gasteiger partial charge in [0.25, 0.3) is 5.69 Å². The Morgan fingerprint density at radius 3 is 2.54 bits per heavy atom. The SMILES string of the molecule is O=C1C(c2cc([N+](=O)[O-])cc(C(F)(F)F)c2)=C(NC2CC2)OC1/C=C/Cl. The summed E-state index contributed by atoms with van der Waals surface area (Å²) in [5.74, 6) is -0.621. The van der Waals surface area contributed by atoms with E-state index in [1.54, 1.807) is 0 Å². The molecule has 0 radical (unpaired) electrons. The Kier molecular flexibility index (Phi) is 4.66. The number of halogens is 4. The van der Waals surface area contributed by atoms with Crippen molar-refractivity contribution in [1.82, 2.24) is 5.32 Å². The third-order valence-electron chi connectivity index (χ3n) is 3.88. The molecular formula is C16H12ClF3N2O4. The van der Waals surface area contributed by atoms with E-state index in [-0.39, 0.29) is 23.1 Å². The number of alkyl halides is 3. The molecule has 138 valence electrons. The third kappa shape index (κ3) is 3.67. The highest BCUT2D eigenvalue weighted by atomic mass is 35.5. The quantitative estimate of drug-likeness (QED) is 0.613. The predicted octanol–water partition coefficient (Wildman–Crippen LogP) is 3.75. The maximum Gasteiger partial charge on any atom is 0.416 e. The molecule has 1 aliphatic heterocycles. The number of nitro groups is 1. The van der Waals surface area contributed by atoms with Crippen molar-refractivity contribution in [2.75, 3.05) is 0 Å². The standard InChI is InChI=1S/C16H12ClF3N2O4/c17-4-3-12-14(23)13(15(26-12)21-10-1-2-10)8-5-9(16(18,19)20)7-11(6-8)22(24)25/h3-7,10,12,21H,1-2H2/b4-3+. The van der Waals surface area contributed by atoms with E-state index in [9.17, 15) is 28.1 Å². The lowest BCUT2D eigenvalue weighted by Crippen LogP contribution is -2.18. The second-order valence-corrected chi connectivity index (χ2v) is 6.12. The van der Waals surface area contributed by atoms with E-state index in [4.69, 9.17) is 16.3 Å². The van der Waals surface area contributed by atoms with E-state index in [0.717, 1.165) is 24.4 Å². The molecule has 0 saturated heterocycles. The lowest BCUT2D eigenvalue weighted by Gasteiger charge is -2.11. The van der Waals surface area contributed by atoms with Gasteiger partial charge in [-0.15, -0.1) is 0 Å². The monoisotopic (exact) mass is 388 g/mol. The maximum atomic E-state index is 13.1. The number of rotatable bonds is 5. The number of benzene rings is 1. The van der Waals surface area contributed by atoms with Crippen molar-refractivity contribution in [3.8, 4) is 0 Å². The van der Waals surface area contributed by atoms with Gasteiger partial charge in [-0.3, -0.25) is 14.9 Å². The average molecular weight is 389 g/mol. The number of ether oxygens (including phenoxy) is 1. The van der Waals surface area contributed by atoms with Gasteiger partial charge in [-0.1, -0.05) is 11.6 Å². The molecule has 3 rings (SSSR count). The van der Waals surface area contributed by atoms with Gasteiger partial charge in [-0.2, -0.15) is 13.2 Å². The molecule has 0 bridgehead atoms. The molecule has 2 aliphatic rings. The van der Waals surface area contributed by atoms with Gasteiger partial charge in [0, 0.05) is 23.7 Å². The molecule has 1 fully saturated rings. The van der Waals surface area contributed by atoms with Gasteiger partial charge in [-0.05, 0) is 30.5 Å². The number of nitrogens with one attached hydrogen (secondary N) is 1. The van der Waals surface area contributed by atoms with Crippen LogP contribution >= 0.6 is 11.6 Å². The fourth-order valence-corrected chi connectivity index (χ4v) is 2.64. The third-order valence-corrected chi connectivity index (χ3v) is 4.03. The van der Waals surface area contributed by atoms with Crippen molar-refractivity contribution in [3.63, 3.8) is 0 Å². The van der Waals surface area contributed by atoms with Crippen molar-refractivity contribution >= 4 is 28.6 Å². The number of ketones is 1. The van der Waals surface area contributed by atoms with E-state index in [1.165, 1.54) is 6.08 Å². The van der Waals surface area contributed by atoms with Gasteiger partial charge in [0.2, 0.25) is 5.78 Å². The second kappa shape index (κ2) is 6.64. The molecule has 1 heterocycles. The van der Waals surface area contributed by atoms with Crippen LogP contribution in [0.2, 0.25) is 0 Å². The van der Waals surface area contributed by atoms with E-state index in [1.807, 2.05) is 0 Å². The van der Waals surface area contributed by atoms with Crippen LogP contribution in [0.1, 0.15) is 24.0 Å². The first-order valence-corrected chi connectivity index (χ1v) is 8.00. The number of hydrogen-bond acceptors (Lipinski definition) is 5. The van der Waals surface area contributed by atoms with E-state index < -0.39 is 34.2 Å². The molecule has 1 aromatic carbocycles. The summed E-state index contributed by atoms with van der Waals surface area (Å²) in [7, 11) is 0. The molecule has 1 atom stereocenters. The summed E-state index contributed by atoms with van der Waals surface area (Å²) in [6.45, 7) is 0. The summed E-state index contributed by atoms with van der Waals surface area (Å²) in [6, 6.07) is 2.10. The molecule has 1 unspecified atom stereocenters. The van der Waals surface area contributed by atoms with Crippen molar-refractivity contribution in [2.24, 2.45) is 0 Å². The van der Waals surface area contributed by atoms with Gasteiger partial charge >= 0.3 is 6.18 Å². The van der Waals surface area contributed by atoms with Crippen LogP contribution in [0.15, 0.2) is 35.7 Å². The number of hydrogen-bond donors (Lipinski definition) is 1. The summed E-state index contributed by atoms with van der Waals surface area (Å²) in [5.41, 5.74) is -1.31. The van der Waals surface area contributed by atoms with Crippen LogP contribution in [0.25, 0.3) is 5.57 Å². The zero-order valence-electron chi connectivity index (χ0n) is 13.0.